The Kier molecular flexibility index (Phi) is 10.8. The summed E-state index contributed by atoms with van der Waals surface area (Å²) in [5.74, 6) is 0.805. The van der Waals surface area contributed by atoms with E-state index in [0.29, 0.717) is 13.0 Å². The van der Waals surface area contributed by atoms with Crippen molar-refractivity contribution in [3.05, 3.63) is 102 Å². The second-order valence-corrected chi connectivity index (χ2v) is 10.4. The van der Waals surface area contributed by atoms with Gasteiger partial charge in [-0.15, -0.1) is 0 Å². The normalized spacial score (nSPS) is 15.7. The molecular weight excluding hydrogens is 472 g/mol. The van der Waals surface area contributed by atoms with Crippen molar-refractivity contribution in [3.8, 4) is 5.75 Å². The minimum absolute atomic E-state index is 0.0379. The van der Waals surface area contributed by atoms with Crippen LogP contribution in [0, 0.1) is 6.92 Å². The van der Waals surface area contributed by atoms with Gasteiger partial charge in [-0.25, -0.2) is 0 Å². The first kappa shape index (κ1) is 27.9. The lowest BCUT2D eigenvalue weighted by Crippen LogP contribution is -2.47. The van der Waals surface area contributed by atoms with Gasteiger partial charge in [0.15, 0.2) is 0 Å². The zero-order valence-electron chi connectivity index (χ0n) is 22.9. The number of carbonyl (C=O) groups is 1. The molecule has 1 saturated heterocycles. The van der Waals surface area contributed by atoms with Gasteiger partial charge in [-0.2, -0.15) is 0 Å². The van der Waals surface area contributed by atoms with Crippen LogP contribution in [0.3, 0.4) is 0 Å². The number of piperidine rings is 1. The fourth-order valence-corrected chi connectivity index (χ4v) is 5.17. The topological polar surface area (TPSA) is 42.0 Å². The zero-order chi connectivity index (χ0) is 26.6. The van der Waals surface area contributed by atoms with Crippen LogP contribution in [0.15, 0.2) is 84.9 Å². The van der Waals surface area contributed by atoms with Gasteiger partial charge in [0.05, 0.1) is 6.42 Å². The third kappa shape index (κ3) is 8.71. The Labute approximate surface area is 228 Å². The molecule has 0 bridgehead atoms. The molecule has 0 N–H and O–H groups in total. The molecule has 0 saturated carbocycles. The summed E-state index contributed by atoms with van der Waals surface area (Å²) in [6.07, 6.45) is 4.90. The van der Waals surface area contributed by atoms with Crippen LogP contribution in [0.4, 0.5) is 0 Å². The highest BCUT2D eigenvalue weighted by Gasteiger charge is 2.26. The van der Waals surface area contributed by atoms with Crippen LogP contribution in [0.1, 0.15) is 54.9 Å². The molecule has 1 unspecified atom stereocenters. The second kappa shape index (κ2) is 14.7. The maximum atomic E-state index is 12.8. The molecule has 4 rings (SSSR count). The molecule has 5 heteroatoms. The molecule has 1 aliphatic rings. The van der Waals surface area contributed by atoms with Crippen LogP contribution in [-0.4, -0.2) is 55.0 Å². The molecule has 5 nitrogen and oxygen atoms in total. The molecule has 0 aromatic heterocycles. The molecule has 202 valence electrons. The first-order valence-electron chi connectivity index (χ1n) is 14.0. The summed E-state index contributed by atoms with van der Waals surface area (Å²) in [5.41, 5.74) is 3.34. The smallest absolute Gasteiger partial charge is 0.307 e. The van der Waals surface area contributed by atoms with Gasteiger partial charge < -0.3 is 14.4 Å². The lowest BCUT2D eigenvalue weighted by molar-refractivity contribution is -0.146. The summed E-state index contributed by atoms with van der Waals surface area (Å²) in [5, 5.41) is 0. The predicted octanol–water partition coefficient (Wildman–Crippen LogP) is 6.43. The van der Waals surface area contributed by atoms with Gasteiger partial charge in [-0.1, -0.05) is 85.3 Å². The first-order valence-corrected chi connectivity index (χ1v) is 14.0. The van der Waals surface area contributed by atoms with E-state index in [1.165, 1.54) is 24.8 Å². The SMILES string of the molecule is Cc1ccccc1O[C@H](CCN(C)CC(CC(=O)OCc1ccccc1)N1CCCCC1)c1ccccc1. The number of carbonyl (C=O) groups excluding carboxylic acids is 1. The van der Waals surface area contributed by atoms with Crippen LogP contribution >= 0.6 is 0 Å². The van der Waals surface area contributed by atoms with Crippen molar-refractivity contribution >= 4 is 5.97 Å². The van der Waals surface area contributed by atoms with E-state index in [2.05, 4.69) is 54.1 Å². The monoisotopic (exact) mass is 514 g/mol. The standard InChI is InChI=1S/C33H42N2O3/c1-27-14-10-11-19-31(27)38-32(29-17-8-4-9-18-29)20-23-34(2)25-30(35-21-12-5-13-22-35)24-33(36)37-26-28-15-6-3-7-16-28/h3-4,6-11,14-19,30,32H,5,12-13,20-26H2,1-2H3/t30?,32-/m1/s1. The molecule has 0 amide bonds. The van der Waals surface area contributed by atoms with E-state index in [-0.39, 0.29) is 18.1 Å². The number of esters is 1. The van der Waals surface area contributed by atoms with Crippen molar-refractivity contribution in [2.45, 2.75) is 57.8 Å². The Bertz CT molecular complexity index is 1100. The number of aryl methyl sites for hydroxylation is 1. The van der Waals surface area contributed by atoms with Crippen LogP contribution in [0.5, 0.6) is 5.75 Å². The lowest BCUT2D eigenvalue weighted by Gasteiger charge is -2.36. The number of likely N-dealkylation sites (tertiary alicyclic amines) is 1. The third-order valence-electron chi connectivity index (χ3n) is 7.38. The number of rotatable bonds is 13. The largest absolute Gasteiger partial charge is 0.485 e. The van der Waals surface area contributed by atoms with Crippen LogP contribution in [-0.2, 0) is 16.1 Å². The first-order chi connectivity index (χ1) is 18.6. The minimum atomic E-state index is -0.122. The quantitative estimate of drug-likeness (QED) is 0.246. The second-order valence-electron chi connectivity index (χ2n) is 10.4. The number of nitrogens with zero attached hydrogens (tertiary/aromatic N) is 2. The molecule has 0 aliphatic carbocycles. The van der Waals surface area contributed by atoms with Gasteiger partial charge in [-0.05, 0) is 62.7 Å². The maximum absolute atomic E-state index is 12.8. The van der Waals surface area contributed by atoms with Crippen molar-refractivity contribution in [2.75, 3.05) is 33.2 Å². The van der Waals surface area contributed by atoms with E-state index in [4.69, 9.17) is 9.47 Å². The Morgan fingerprint density at radius 2 is 1.55 bits per heavy atom. The molecule has 3 aromatic rings. The number of benzene rings is 3. The fourth-order valence-electron chi connectivity index (χ4n) is 5.17. The highest BCUT2D eigenvalue weighted by atomic mass is 16.5. The Morgan fingerprint density at radius 1 is 0.895 bits per heavy atom. The molecule has 2 atom stereocenters. The molecule has 1 heterocycles. The van der Waals surface area contributed by atoms with Crippen molar-refractivity contribution in [3.63, 3.8) is 0 Å². The van der Waals surface area contributed by atoms with Crippen molar-refractivity contribution in [1.82, 2.24) is 9.80 Å². The maximum Gasteiger partial charge on any atom is 0.307 e. The number of hydrogen-bond donors (Lipinski definition) is 0. The summed E-state index contributed by atoms with van der Waals surface area (Å²) in [6, 6.07) is 28.7. The summed E-state index contributed by atoms with van der Waals surface area (Å²) >= 11 is 0. The third-order valence-corrected chi connectivity index (χ3v) is 7.38. The van der Waals surface area contributed by atoms with Crippen LogP contribution < -0.4 is 4.74 Å². The van der Waals surface area contributed by atoms with Gasteiger partial charge in [0.25, 0.3) is 0 Å². The number of ether oxygens (including phenoxy) is 2. The van der Waals surface area contributed by atoms with E-state index in [1.54, 1.807) is 0 Å². The Morgan fingerprint density at radius 3 is 2.26 bits per heavy atom. The molecular formula is C33H42N2O3. The van der Waals surface area contributed by atoms with Gasteiger partial charge in [-0.3, -0.25) is 9.69 Å². The van der Waals surface area contributed by atoms with Gasteiger partial charge in [0.2, 0.25) is 0 Å². The van der Waals surface area contributed by atoms with Gasteiger partial charge >= 0.3 is 5.97 Å². The highest BCUT2D eigenvalue weighted by molar-refractivity contribution is 5.70. The van der Waals surface area contributed by atoms with Crippen LogP contribution in [0.2, 0.25) is 0 Å². The van der Waals surface area contributed by atoms with E-state index in [9.17, 15) is 4.79 Å². The summed E-state index contributed by atoms with van der Waals surface area (Å²) < 4.78 is 12.2. The Balaban J connectivity index is 1.36. The lowest BCUT2D eigenvalue weighted by atomic mass is 10.0. The van der Waals surface area contributed by atoms with E-state index >= 15 is 0 Å². The van der Waals surface area contributed by atoms with E-state index < -0.39 is 0 Å². The average Bonchev–Trinajstić information content (AvgIpc) is 2.96. The molecule has 0 spiro atoms. The van der Waals surface area contributed by atoms with Crippen molar-refractivity contribution < 1.29 is 14.3 Å². The molecule has 38 heavy (non-hydrogen) atoms. The van der Waals surface area contributed by atoms with Gasteiger partial charge in [0.1, 0.15) is 18.5 Å². The summed E-state index contributed by atoms with van der Waals surface area (Å²) in [6.45, 7) is 6.21. The number of para-hydroxylation sites is 1. The molecule has 3 aromatic carbocycles. The Hall–Kier alpha value is -3.15. The van der Waals surface area contributed by atoms with Crippen LogP contribution in [0.25, 0.3) is 0 Å². The van der Waals surface area contributed by atoms with E-state index in [0.717, 1.165) is 49.5 Å². The van der Waals surface area contributed by atoms with Crippen molar-refractivity contribution in [2.24, 2.45) is 0 Å². The highest BCUT2D eigenvalue weighted by Crippen LogP contribution is 2.27. The zero-order valence-corrected chi connectivity index (χ0v) is 22.9. The number of likely N-dealkylation sites (N-methyl/N-ethyl adjacent to an activating group) is 1. The van der Waals surface area contributed by atoms with Crippen molar-refractivity contribution in [1.29, 1.82) is 0 Å². The fraction of sp³-hybridized carbons (Fsp3) is 0.424. The minimum Gasteiger partial charge on any atom is -0.485 e. The van der Waals surface area contributed by atoms with E-state index in [1.807, 2.05) is 54.6 Å². The van der Waals surface area contributed by atoms with Gasteiger partial charge in [0, 0.05) is 25.6 Å². The summed E-state index contributed by atoms with van der Waals surface area (Å²) in [7, 11) is 2.15. The molecule has 1 aliphatic heterocycles. The molecule has 0 radical (unpaired) electrons. The number of hydrogen-bond acceptors (Lipinski definition) is 5. The average molecular weight is 515 g/mol. The summed E-state index contributed by atoms with van der Waals surface area (Å²) in [4.78, 5) is 17.7. The molecule has 1 fully saturated rings. The predicted molar refractivity (Wildman–Crippen MR) is 153 cm³/mol.